The number of aromatic nitrogens is 1. The molecule has 4 rings (SSSR count). The van der Waals surface area contributed by atoms with Gasteiger partial charge >= 0.3 is 0 Å². The van der Waals surface area contributed by atoms with Gasteiger partial charge in [-0.15, -0.1) is 0 Å². The number of pyridine rings is 1. The van der Waals surface area contributed by atoms with Crippen molar-refractivity contribution in [2.24, 2.45) is 0 Å². The molecule has 0 saturated carbocycles. The van der Waals surface area contributed by atoms with Gasteiger partial charge in [0.1, 0.15) is 5.69 Å². The summed E-state index contributed by atoms with van der Waals surface area (Å²) in [4.78, 5) is 24.1. The molecule has 0 radical (unpaired) electrons. The van der Waals surface area contributed by atoms with E-state index in [1.807, 2.05) is 13.8 Å². The van der Waals surface area contributed by atoms with E-state index < -0.39 is 5.92 Å². The zero-order chi connectivity index (χ0) is 24.5. The molecule has 2 saturated heterocycles. The van der Waals surface area contributed by atoms with Gasteiger partial charge in [0, 0.05) is 74.9 Å². The Morgan fingerprint density at radius 3 is 2.76 bits per heavy atom. The Hall–Kier alpha value is -1.68. The van der Waals surface area contributed by atoms with Crippen molar-refractivity contribution < 1.29 is 18.3 Å². The zero-order valence-electron chi connectivity index (χ0n) is 20.9. The number of nitrogens with one attached hydrogen (secondary N) is 1. The molecule has 1 aromatic rings. The SMILES string of the molecule is CCCC(F)(F)c1cc2c(cn1)C(C)(C)CN2C(=O)CN1C[C@@H](C)NC[C@@H]1CN1CCOCC1. The average molecular weight is 480 g/mol. The number of piperazine rings is 1. The lowest BCUT2D eigenvalue weighted by atomic mass is 9.88. The standard InChI is InChI=1S/C25H39F2N5O2/c1-5-6-25(26,27)22-11-21-20(13-29-22)24(3,4)17-32(21)23(33)16-31-14-18(2)28-12-19(31)15-30-7-9-34-10-8-30/h11,13,18-19,28H,5-10,12,14-17H2,1-4H3/t18-,19-/m1/s1. The van der Waals surface area contributed by atoms with Crippen LogP contribution in [0.15, 0.2) is 12.3 Å². The fourth-order valence-corrected chi connectivity index (χ4v) is 5.37. The van der Waals surface area contributed by atoms with Crippen molar-refractivity contribution in [3.63, 3.8) is 0 Å². The van der Waals surface area contributed by atoms with E-state index in [1.165, 1.54) is 6.07 Å². The Bertz CT molecular complexity index is 875. The summed E-state index contributed by atoms with van der Waals surface area (Å²) in [5.74, 6) is -3.04. The molecule has 3 aliphatic rings. The molecule has 1 aromatic heterocycles. The van der Waals surface area contributed by atoms with E-state index in [0.29, 0.717) is 24.7 Å². The lowest BCUT2D eigenvalue weighted by Gasteiger charge is -2.42. The maximum Gasteiger partial charge on any atom is 0.289 e. The molecule has 1 N–H and O–H groups in total. The summed E-state index contributed by atoms with van der Waals surface area (Å²) in [7, 11) is 0. The van der Waals surface area contributed by atoms with Gasteiger partial charge in [-0.3, -0.25) is 19.6 Å². The molecule has 0 spiro atoms. The summed E-state index contributed by atoms with van der Waals surface area (Å²) in [5.41, 5.74) is 0.865. The van der Waals surface area contributed by atoms with Crippen LogP contribution in [0, 0.1) is 0 Å². The van der Waals surface area contributed by atoms with Crippen LogP contribution in [0.25, 0.3) is 0 Å². The predicted octanol–water partition coefficient (Wildman–Crippen LogP) is 2.59. The Morgan fingerprint density at radius 2 is 2.06 bits per heavy atom. The first-order chi connectivity index (χ1) is 16.1. The van der Waals surface area contributed by atoms with Crippen LogP contribution >= 0.6 is 0 Å². The molecule has 0 bridgehead atoms. The Morgan fingerprint density at radius 1 is 1.32 bits per heavy atom. The van der Waals surface area contributed by atoms with Gasteiger partial charge in [0.05, 0.1) is 25.4 Å². The quantitative estimate of drug-likeness (QED) is 0.649. The largest absolute Gasteiger partial charge is 0.379 e. The van der Waals surface area contributed by atoms with E-state index in [4.69, 9.17) is 4.74 Å². The fourth-order valence-electron chi connectivity index (χ4n) is 5.37. The molecule has 190 valence electrons. The summed E-state index contributed by atoms with van der Waals surface area (Å²) in [6.45, 7) is 14.5. The molecule has 34 heavy (non-hydrogen) atoms. The first-order valence-corrected chi connectivity index (χ1v) is 12.6. The highest BCUT2D eigenvalue weighted by Crippen LogP contribution is 2.43. The van der Waals surface area contributed by atoms with Crippen molar-refractivity contribution in [2.45, 2.75) is 64.0 Å². The van der Waals surface area contributed by atoms with Crippen LogP contribution in [-0.2, 0) is 20.9 Å². The topological polar surface area (TPSA) is 60.9 Å². The van der Waals surface area contributed by atoms with Gasteiger partial charge in [-0.2, -0.15) is 8.78 Å². The van der Waals surface area contributed by atoms with Crippen molar-refractivity contribution in [2.75, 3.05) is 63.9 Å². The highest BCUT2D eigenvalue weighted by molar-refractivity contribution is 5.97. The third kappa shape index (κ3) is 5.42. The van der Waals surface area contributed by atoms with Gasteiger partial charge in [0.25, 0.3) is 5.92 Å². The summed E-state index contributed by atoms with van der Waals surface area (Å²) in [5, 5.41) is 3.54. The van der Waals surface area contributed by atoms with Gasteiger partial charge in [-0.1, -0.05) is 27.2 Å². The highest BCUT2D eigenvalue weighted by Gasteiger charge is 2.42. The number of carbonyl (C=O) groups excluding carboxylic acids is 1. The van der Waals surface area contributed by atoms with Gasteiger partial charge in [0.15, 0.2) is 0 Å². The zero-order valence-corrected chi connectivity index (χ0v) is 20.9. The van der Waals surface area contributed by atoms with Crippen molar-refractivity contribution in [1.82, 2.24) is 20.1 Å². The molecule has 1 amide bonds. The van der Waals surface area contributed by atoms with E-state index >= 15 is 0 Å². The Kier molecular flexibility index (Phi) is 7.57. The average Bonchev–Trinajstić information content (AvgIpc) is 3.07. The lowest BCUT2D eigenvalue weighted by Crippen LogP contribution is -2.61. The number of amides is 1. The first kappa shape index (κ1) is 25.4. The third-order valence-electron chi connectivity index (χ3n) is 7.33. The monoisotopic (exact) mass is 479 g/mol. The highest BCUT2D eigenvalue weighted by atomic mass is 19.3. The number of rotatable bonds is 7. The number of hydrogen-bond donors (Lipinski definition) is 1. The molecule has 0 aliphatic carbocycles. The lowest BCUT2D eigenvalue weighted by molar-refractivity contribution is -0.121. The summed E-state index contributed by atoms with van der Waals surface area (Å²) >= 11 is 0. The third-order valence-corrected chi connectivity index (χ3v) is 7.33. The first-order valence-electron chi connectivity index (χ1n) is 12.6. The van der Waals surface area contributed by atoms with Crippen LogP contribution < -0.4 is 10.2 Å². The van der Waals surface area contributed by atoms with Crippen LogP contribution in [0.2, 0.25) is 0 Å². The van der Waals surface area contributed by atoms with Crippen LogP contribution in [0.5, 0.6) is 0 Å². The van der Waals surface area contributed by atoms with E-state index in [1.54, 1.807) is 18.0 Å². The van der Waals surface area contributed by atoms with E-state index in [9.17, 15) is 13.6 Å². The number of hydrogen-bond acceptors (Lipinski definition) is 6. The van der Waals surface area contributed by atoms with Crippen molar-refractivity contribution in [3.05, 3.63) is 23.5 Å². The van der Waals surface area contributed by atoms with Gasteiger partial charge in [-0.05, 0) is 13.0 Å². The molecule has 0 unspecified atom stereocenters. The van der Waals surface area contributed by atoms with Crippen LogP contribution in [0.4, 0.5) is 14.5 Å². The maximum absolute atomic E-state index is 14.6. The Labute approximate surface area is 201 Å². The molecule has 3 aliphatic heterocycles. The number of alkyl halides is 2. The number of fused-ring (bicyclic) bond motifs is 1. The van der Waals surface area contributed by atoms with Gasteiger partial charge in [0.2, 0.25) is 5.91 Å². The van der Waals surface area contributed by atoms with Crippen LogP contribution in [-0.4, -0.2) is 91.8 Å². The minimum absolute atomic E-state index is 0.0381. The minimum atomic E-state index is -3.00. The number of morpholine rings is 1. The summed E-state index contributed by atoms with van der Waals surface area (Å²) in [6.07, 6.45) is 1.67. The van der Waals surface area contributed by atoms with Crippen molar-refractivity contribution in [3.8, 4) is 0 Å². The molecule has 9 heteroatoms. The maximum atomic E-state index is 14.6. The number of anilines is 1. The second-order valence-corrected chi connectivity index (χ2v) is 10.7. The molecule has 2 fully saturated rings. The predicted molar refractivity (Wildman–Crippen MR) is 129 cm³/mol. The number of halogens is 2. The second-order valence-electron chi connectivity index (χ2n) is 10.7. The molecule has 4 heterocycles. The second kappa shape index (κ2) is 10.1. The normalized spacial score (nSPS) is 26.0. The molecular formula is C25H39F2N5O2. The van der Waals surface area contributed by atoms with Gasteiger partial charge in [-0.25, -0.2) is 0 Å². The number of ether oxygens (including phenoxy) is 1. The Balaban J connectivity index is 1.53. The van der Waals surface area contributed by atoms with E-state index in [-0.39, 0.29) is 36.0 Å². The fraction of sp³-hybridized carbons (Fsp3) is 0.760. The molecule has 0 aromatic carbocycles. The van der Waals surface area contributed by atoms with Crippen LogP contribution in [0.3, 0.4) is 0 Å². The van der Waals surface area contributed by atoms with E-state index in [2.05, 4.69) is 27.0 Å². The molecule has 2 atom stereocenters. The number of carbonyl (C=O) groups is 1. The minimum Gasteiger partial charge on any atom is -0.379 e. The summed E-state index contributed by atoms with van der Waals surface area (Å²) < 4.78 is 34.8. The van der Waals surface area contributed by atoms with Gasteiger partial charge < -0.3 is 15.0 Å². The summed E-state index contributed by atoms with van der Waals surface area (Å²) in [6, 6.07) is 1.96. The van der Waals surface area contributed by atoms with Crippen molar-refractivity contribution >= 4 is 11.6 Å². The molecular weight excluding hydrogens is 440 g/mol. The smallest absolute Gasteiger partial charge is 0.289 e. The molecule has 7 nitrogen and oxygen atoms in total. The van der Waals surface area contributed by atoms with Crippen LogP contribution in [0.1, 0.15) is 51.8 Å². The van der Waals surface area contributed by atoms with Crippen molar-refractivity contribution in [1.29, 1.82) is 0 Å². The number of nitrogens with zero attached hydrogens (tertiary/aromatic N) is 4. The van der Waals surface area contributed by atoms with E-state index in [0.717, 1.165) is 51.5 Å².